The molecule has 1 unspecified atom stereocenters. The summed E-state index contributed by atoms with van der Waals surface area (Å²) in [6.07, 6.45) is 3.90. The molecule has 5 nitrogen and oxygen atoms in total. The molecule has 0 saturated carbocycles. The number of nitrogens with one attached hydrogen (secondary N) is 1. The van der Waals surface area contributed by atoms with Crippen molar-refractivity contribution in [3.63, 3.8) is 0 Å². The number of rotatable bonds is 5. The van der Waals surface area contributed by atoms with Crippen LogP contribution in [-0.4, -0.2) is 39.2 Å². The van der Waals surface area contributed by atoms with Gasteiger partial charge in [-0.3, -0.25) is 4.90 Å². The number of fused-ring (bicyclic) bond motifs is 1. The van der Waals surface area contributed by atoms with E-state index >= 15 is 0 Å². The molecule has 0 aliphatic carbocycles. The zero-order valence-corrected chi connectivity index (χ0v) is 16.7. The number of aromatic nitrogens is 1. The molecule has 0 amide bonds. The predicted molar refractivity (Wildman–Crippen MR) is 109 cm³/mol. The molecule has 4 rings (SSSR count). The summed E-state index contributed by atoms with van der Waals surface area (Å²) in [5.74, 6) is 2.15. The first-order valence-corrected chi connectivity index (χ1v) is 10.4. The Bertz CT molecular complexity index is 743. The molecule has 1 fully saturated rings. The van der Waals surface area contributed by atoms with E-state index < -0.39 is 5.60 Å². The van der Waals surface area contributed by atoms with E-state index in [0.717, 1.165) is 48.9 Å². The van der Waals surface area contributed by atoms with Gasteiger partial charge < -0.3 is 15.2 Å². The van der Waals surface area contributed by atoms with Crippen LogP contribution in [0.25, 0.3) is 0 Å². The smallest absolute Gasteiger partial charge is 0.224 e. The van der Waals surface area contributed by atoms with Gasteiger partial charge in [0.1, 0.15) is 11.6 Å². The summed E-state index contributed by atoms with van der Waals surface area (Å²) in [6.45, 7) is 6.89. The van der Waals surface area contributed by atoms with E-state index in [1.54, 1.807) is 18.0 Å². The molecule has 1 aromatic carbocycles. The Morgan fingerprint density at radius 3 is 2.63 bits per heavy atom. The fraction of sp³-hybridized carbons (Fsp3) is 0.476. The van der Waals surface area contributed by atoms with E-state index in [-0.39, 0.29) is 5.56 Å². The maximum absolute atomic E-state index is 10.2. The summed E-state index contributed by atoms with van der Waals surface area (Å²) in [6, 6.07) is 12.3. The Morgan fingerprint density at radius 2 is 1.96 bits per heavy atom. The van der Waals surface area contributed by atoms with Gasteiger partial charge in [-0.05, 0) is 75.5 Å². The quantitative estimate of drug-likeness (QED) is 0.813. The van der Waals surface area contributed by atoms with Crippen LogP contribution in [0.3, 0.4) is 0 Å². The molecule has 1 aromatic heterocycles. The van der Waals surface area contributed by atoms with Gasteiger partial charge in [-0.25, -0.2) is 4.98 Å². The first-order chi connectivity index (χ1) is 13.0. The number of thioether (sulfide) groups is 1. The lowest BCUT2D eigenvalue weighted by Crippen LogP contribution is -2.41. The largest absolute Gasteiger partial charge is 0.461 e. The molecule has 2 aliphatic rings. The Hall–Kier alpha value is -1.76. The molecule has 0 spiro atoms. The molecule has 6 heteroatoms. The molecule has 0 bridgehead atoms. The van der Waals surface area contributed by atoms with Crippen LogP contribution in [0.5, 0.6) is 5.75 Å². The number of aliphatic hydroxyl groups is 1. The van der Waals surface area contributed by atoms with Crippen molar-refractivity contribution >= 4 is 17.6 Å². The van der Waals surface area contributed by atoms with Crippen molar-refractivity contribution in [1.82, 2.24) is 9.88 Å². The van der Waals surface area contributed by atoms with E-state index in [0.29, 0.717) is 5.92 Å². The fourth-order valence-corrected chi connectivity index (χ4v) is 4.70. The third kappa shape index (κ3) is 4.57. The molecule has 2 aliphatic heterocycles. The van der Waals surface area contributed by atoms with Gasteiger partial charge in [0.2, 0.25) is 5.56 Å². The fourth-order valence-electron chi connectivity index (χ4n) is 3.76. The van der Waals surface area contributed by atoms with Crippen LogP contribution in [-0.2, 0) is 6.54 Å². The number of hydrogen-bond acceptors (Lipinski definition) is 6. The summed E-state index contributed by atoms with van der Waals surface area (Å²) in [5.41, 5.74) is 0.592. The minimum absolute atomic E-state index is 0.137. The van der Waals surface area contributed by atoms with Crippen molar-refractivity contribution in [2.24, 2.45) is 5.92 Å². The van der Waals surface area contributed by atoms with Gasteiger partial charge in [0.25, 0.3) is 0 Å². The Kier molecular flexibility index (Phi) is 5.30. The third-order valence-corrected chi connectivity index (χ3v) is 6.43. The lowest BCUT2D eigenvalue weighted by Gasteiger charge is -2.37. The number of anilines is 1. The number of hydrogen-bond donors (Lipinski definition) is 2. The van der Waals surface area contributed by atoms with Crippen LogP contribution in [0.1, 0.15) is 32.3 Å². The van der Waals surface area contributed by atoms with Gasteiger partial charge >= 0.3 is 0 Å². The zero-order valence-electron chi connectivity index (χ0n) is 15.9. The van der Waals surface area contributed by atoms with Crippen molar-refractivity contribution in [3.8, 4) is 5.75 Å². The molecule has 2 aromatic rings. The van der Waals surface area contributed by atoms with Crippen LogP contribution in [0.15, 0.2) is 47.5 Å². The molecule has 2 N–H and O–H groups in total. The maximum atomic E-state index is 10.2. The Balaban J connectivity index is 1.28. The first kappa shape index (κ1) is 18.6. The van der Waals surface area contributed by atoms with E-state index in [1.807, 2.05) is 38.1 Å². The molecule has 144 valence electrons. The summed E-state index contributed by atoms with van der Waals surface area (Å²) < 4.78 is 6.02. The van der Waals surface area contributed by atoms with Crippen LogP contribution in [0, 0.1) is 5.92 Å². The number of benzene rings is 1. The highest BCUT2D eigenvalue weighted by molar-refractivity contribution is 8.00. The second-order valence-corrected chi connectivity index (χ2v) is 9.01. The minimum atomic E-state index is -0.563. The summed E-state index contributed by atoms with van der Waals surface area (Å²) in [7, 11) is 0. The van der Waals surface area contributed by atoms with Crippen LogP contribution in [0.2, 0.25) is 0 Å². The van der Waals surface area contributed by atoms with Crippen LogP contribution >= 0.6 is 11.8 Å². The molecule has 0 radical (unpaired) electrons. The predicted octanol–water partition coefficient (Wildman–Crippen LogP) is 3.94. The second-order valence-electron chi connectivity index (χ2n) is 7.91. The number of nitrogens with zero attached hydrogens (tertiary/aromatic N) is 2. The van der Waals surface area contributed by atoms with Crippen molar-refractivity contribution < 1.29 is 9.84 Å². The lowest BCUT2D eigenvalue weighted by atomic mass is 9.83. The highest BCUT2D eigenvalue weighted by atomic mass is 32.2. The van der Waals surface area contributed by atoms with Gasteiger partial charge in [-0.1, -0.05) is 23.9 Å². The number of pyridine rings is 1. The highest BCUT2D eigenvalue weighted by Gasteiger charge is 2.30. The molecular formula is C21H27N3O2S. The maximum Gasteiger partial charge on any atom is 0.224 e. The highest BCUT2D eigenvalue weighted by Crippen LogP contribution is 2.37. The minimum Gasteiger partial charge on any atom is -0.461 e. The van der Waals surface area contributed by atoms with E-state index in [1.165, 1.54) is 5.56 Å². The van der Waals surface area contributed by atoms with Crippen molar-refractivity contribution in [3.05, 3.63) is 48.2 Å². The molecule has 1 atom stereocenters. The lowest BCUT2D eigenvalue weighted by molar-refractivity contribution is -0.0136. The topological polar surface area (TPSA) is 57.6 Å². The average molecular weight is 386 g/mol. The normalized spacial score (nSPS) is 20.9. The van der Waals surface area contributed by atoms with Crippen molar-refractivity contribution in [2.75, 3.05) is 18.4 Å². The SMILES string of the molecule is CC(C)(O)C1CCN(Cc2ccc(OC3Nc4ncccc4S3)cc2)CC1. The number of likely N-dealkylation sites (tertiary alicyclic amines) is 1. The van der Waals surface area contributed by atoms with Gasteiger partial charge in [-0.15, -0.1) is 0 Å². The molecule has 27 heavy (non-hydrogen) atoms. The molecular weight excluding hydrogens is 358 g/mol. The van der Waals surface area contributed by atoms with Crippen molar-refractivity contribution in [1.29, 1.82) is 0 Å². The van der Waals surface area contributed by atoms with Crippen LogP contribution in [0.4, 0.5) is 5.82 Å². The van der Waals surface area contributed by atoms with Crippen molar-refractivity contribution in [2.45, 2.75) is 49.3 Å². The number of piperidine rings is 1. The Labute approximate surface area is 165 Å². The zero-order chi connectivity index (χ0) is 18.9. The van der Waals surface area contributed by atoms with E-state index in [2.05, 4.69) is 27.3 Å². The van der Waals surface area contributed by atoms with E-state index in [4.69, 9.17) is 4.74 Å². The summed E-state index contributed by atoms with van der Waals surface area (Å²) in [5, 5.41) is 13.5. The van der Waals surface area contributed by atoms with E-state index in [9.17, 15) is 5.11 Å². The summed E-state index contributed by atoms with van der Waals surface area (Å²) in [4.78, 5) is 7.90. The van der Waals surface area contributed by atoms with Gasteiger partial charge in [0.05, 0.1) is 10.5 Å². The van der Waals surface area contributed by atoms with Crippen LogP contribution < -0.4 is 10.1 Å². The number of ether oxygens (including phenoxy) is 1. The van der Waals surface area contributed by atoms with Gasteiger partial charge in [-0.2, -0.15) is 0 Å². The average Bonchev–Trinajstić information content (AvgIpc) is 3.05. The van der Waals surface area contributed by atoms with Gasteiger partial charge in [0, 0.05) is 12.7 Å². The molecule has 1 saturated heterocycles. The Morgan fingerprint density at radius 1 is 1.22 bits per heavy atom. The van der Waals surface area contributed by atoms with Gasteiger partial charge in [0.15, 0.2) is 0 Å². The third-order valence-electron chi connectivity index (χ3n) is 5.42. The second kappa shape index (κ2) is 7.70. The monoisotopic (exact) mass is 385 g/mol. The first-order valence-electron chi connectivity index (χ1n) is 9.56. The molecule has 3 heterocycles. The standard InChI is InChI=1S/C21H27N3O2S/c1-21(2,25)16-9-12-24(13-10-16)14-15-5-7-17(8-6-15)26-20-23-19-18(27-20)4-3-11-22-19/h3-8,11,16,20,25H,9-10,12-14H2,1-2H3,(H,22,23). The summed E-state index contributed by atoms with van der Waals surface area (Å²) >= 11 is 1.64.